The SMILES string of the molecule is COC(=O)c1c(NC(=O)c2cccc(OC)c2OC)sc(C)c1-c1cccc(Cl)c1. The summed E-state index contributed by atoms with van der Waals surface area (Å²) < 4.78 is 15.6. The summed E-state index contributed by atoms with van der Waals surface area (Å²) in [6.07, 6.45) is 0. The highest BCUT2D eigenvalue weighted by Crippen LogP contribution is 2.41. The number of hydrogen-bond donors (Lipinski definition) is 1. The summed E-state index contributed by atoms with van der Waals surface area (Å²) in [5, 5.41) is 3.75. The van der Waals surface area contributed by atoms with Gasteiger partial charge in [-0.05, 0) is 36.8 Å². The second-order valence-corrected chi connectivity index (χ2v) is 7.90. The van der Waals surface area contributed by atoms with E-state index < -0.39 is 11.9 Å². The largest absolute Gasteiger partial charge is 0.493 e. The fourth-order valence-corrected chi connectivity index (χ4v) is 4.41. The summed E-state index contributed by atoms with van der Waals surface area (Å²) >= 11 is 7.42. The lowest BCUT2D eigenvalue weighted by Crippen LogP contribution is -2.15. The number of methoxy groups -OCH3 is 3. The number of rotatable bonds is 6. The van der Waals surface area contributed by atoms with Gasteiger partial charge < -0.3 is 19.5 Å². The number of ether oxygens (including phenoxy) is 3. The number of benzene rings is 2. The van der Waals surface area contributed by atoms with Crippen molar-refractivity contribution in [3.8, 4) is 22.6 Å². The lowest BCUT2D eigenvalue weighted by atomic mass is 10.0. The van der Waals surface area contributed by atoms with Gasteiger partial charge in [0.15, 0.2) is 11.5 Å². The number of thiophene rings is 1. The van der Waals surface area contributed by atoms with Crippen LogP contribution in [0.3, 0.4) is 0 Å². The highest BCUT2D eigenvalue weighted by atomic mass is 35.5. The predicted molar refractivity (Wildman–Crippen MR) is 118 cm³/mol. The van der Waals surface area contributed by atoms with Gasteiger partial charge in [0.05, 0.1) is 26.9 Å². The third-order valence-electron chi connectivity index (χ3n) is 4.46. The standard InChI is InChI=1S/C22H20ClNO5S/c1-12-17(13-7-5-8-14(23)11-13)18(22(26)29-4)21(30-12)24-20(25)15-9-6-10-16(27-2)19(15)28-3/h5-11H,1-4H3,(H,24,25). The molecule has 0 aliphatic rings. The number of halogens is 1. The average molecular weight is 446 g/mol. The van der Waals surface area contributed by atoms with Gasteiger partial charge in [0.25, 0.3) is 5.91 Å². The lowest BCUT2D eigenvalue weighted by Gasteiger charge is -2.13. The first-order valence-corrected chi connectivity index (χ1v) is 10.1. The van der Waals surface area contributed by atoms with Crippen molar-refractivity contribution in [2.45, 2.75) is 6.92 Å². The van der Waals surface area contributed by atoms with Crippen LogP contribution in [0.15, 0.2) is 42.5 Å². The molecule has 3 rings (SSSR count). The van der Waals surface area contributed by atoms with Crippen molar-refractivity contribution < 1.29 is 23.8 Å². The first-order valence-electron chi connectivity index (χ1n) is 8.91. The van der Waals surface area contributed by atoms with Crippen LogP contribution in [0.1, 0.15) is 25.6 Å². The Morgan fingerprint density at radius 2 is 1.77 bits per heavy atom. The Balaban J connectivity index is 2.08. The van der Waals surface area contributed by atoms with E-state index in [1.165, 1.54) is 32.7 Å². The van der Waals surface area contributed by atoms with Gasteiger partial charge in [0.2, 0.25) is 0 Å². The molecule has 1 heterocycles. The van der Waals surface area contributed by atoms with Gasteiger partial charge >= 0.3 is 5.97 Å². The van der Waals surface area contributed by atoms with Gasteiger partial charge in [0, 0.05) is 15.5 Å². The molecule has 156 valence electrons. The number of carbonyl (C=O) groups is 2. The maximum atomic E-state index is 13.0. The quantitative estimate of drug-likeness (QED) is 0.512. The van der Waals surface area contributed by atoms with E-state index in [0.29, 0.717) is 27.1 Å². The van der Waals surface area contributed by atoms with Gasteiger partial charge in [-0.1, -0.05) is 29.8 Å². The van der Waals surface area contributed by atoms with Gasteiger partial charge in [0.1, 0.15) is 10.6 Å². The van der Waals surface area contributed by atoms with Crippen molar-refractivity contribution >= 4 is 39.8 Å². The van der Waals surface area contributed by atoms with E-state index in [4.69, 9.17) is 25.8 Å². The molecule has 0 unspecified atom stereocenters. The fourth-order valence-electron chi connectivity index (χ4n) is 3.16. The molecule has 1 aromatic heterocycles. The molecule has 30 heavy (non-hydrogen) atoms. The average Bonchev–Trinajstić information content (AvgIpc) is 3.07. The number of anilines is 1. The maximum Gasteiger partial charge on any atom is 0.341 e. The first-order chi connectivity index (χ1) is 14.4. The van der Waals surface area contributed by atoms with E-state index >= 15 is 0 Å². The Bertz CT molecular complexity index is 1110. The van der Waals surface area contributed by atoms with Crippen LogP contribution < -0.4 is 14.8 Å². The van der Waals surface area contributed by atoms with Crippen molar-refractivity contribution in [1.82, 2.24) is 0 Å². The summed E-state index contributed by atoms with van der Waals surface area (Å²) in [7, 11) is 4.25. The van der Waals surface area contributed by atoms with Crippen LogP contribution >= 0.6 is 22.9 Å². The second kappa shape index (κ2) is 9.19. The van der Waals surface area contributed by atoms with Gasteiger partial charge in [-0.25, -0.2) is 4.79 Å². The zero-order valence-electron chi connectivity index (χ0n) is 16.9. The molecule has 2 aromatic carbocycles. The Morgan fingerprint density at radius 3 is 2.40 bits per heavy atom. The minimum absolute atomic E-state index is 0.275. The Kier molecular flexibility index (Phi) is 6.64. The van der Waals surface area contributed by atoms with Crippen molar-refractivity contribution in [3.63, 3.8) is 0 Å². The molecule has 6 nitrogen and oxygen atoms in total. The molecular weight excluding hydrogens is 426 g/mol. The monoisotopic (exact) mass is 445 g/mol. The summed E-state index contributed by atoms with van der Waals surface area (Å²) in [6.45, 7) is 1.87. The van der Waals surface area contributed by atoms with E-state index in [0.717, 1.165) is 10.4 Å². The van der Waals surface area contributed by atoms with E-state index in [1.54, 1.807) is 36.4 Å². The highest BCUT2D eigenvalue weighted by Gasteiger charge is 2.26. The van der Waals surface area contributed by atoms with Crippen LogP contribution in [-0.2, 0) is 4.74 Å². The topological polar surface area (TPSA) is 73.9 Å². The zero-order chi connectivity index (χ0) is 21.8. The molecule has 0 spiro atoms. The number of hydrogen-bond acceptors (Lipinski definition) is 6. The van der Waals surface area contributed by atoms with Crippen LogP contribution in [0.25, 0.3) is 11.1 Å². The minimum atomic E-state index is -0.553. The summed E-state index contributed by atoms with van der Waals surface area (Å²) in [5.41, 5.74) is 1.99. The van der Waals surface area contributed by atoms with Gasteiger partial charge in [-0.3, -0.25) is 4.79 Å². The van der Waals surface area contributed by atoms with Crippen molar-refractivity contribution in [2.75, 3.05) is 26.6 Å². The van der Waals surface area contributed by atoms with Gasteiger partial charge in [-0.15, -0.1) is 11.3 Å². The first kappa shape index (κ1) is 21.7. The smallest absolute Gasteiger partial charge is 0.341 e. The lowest BCUT2D eigenvalue weighted by molar-refractivity contribution is 0.0603. The molecule has 0 saturated carbocycles. The van der Waals surface area contributed by atoms with E-state index in [2.05, 4.69) is 5.32 Å². The van der Waals surface area contributed by atoms with E-state index in [-0.39, 0.29) is 11.1 Å². The van der Waals surface area contributed by atoms with Crippen LogP contribution in [0, 0.1) is 6.92 Å². The zero-order valence-corrected chi connectivity index (χ0v) is 18.4. The summed E-state index contributed by atoms with van der Waals surface area (Å²) in [6, 6.07) is 12.2. The Hall–Kier alpha value is -3.03. The Labute approximate surface area is 183 Å². The molecule has 1 amide bonds. The van der Waals surface area contributed by atoms with Crippen molar-refractivity contribution in [2.24, 2.45) is 0 Å². The molecule has 0 aliphatic heterocycles. The van der Waals surface area contributed by atoms with Crippen molar-refractivity contribution in [1.29, 1.82) is 0 Å². The van der Waals surface area contributed by atoms with Crippen LogP contribution in [-0.4, -0.2) is 33.2 Å². The number of nitrogens with one attached hydrogen (secondary N) is 1. The number of amides is 1. The minimum Gasteiger partial charge on any atom is -0.493 e. The van der Waals surface area contributed by atoms with Crippen LogP contribution in [0.4, 0.5) is 5.00 Å². The van der Waals surface area contributed by atoms with Crippen molar-refractivity contribution in [3.05, 3.63) is 63.5 Å². The van der Waals surface area contributed by atoms with E-state index in [9.17, 15) is 9.59 Å². The number of aryl methyl sites for hydroxylation is 1. The molecule has 0 fully saturated rings. The molecule has 0 aliphatic carbocycles. The summed E-state index contributed by atoms with van der Waals surface area (Å²) in [4.78, 5) is 26.5. The van der Waals surface area contributed by atoms with Crippen LogP contribution in [0.5, 0.6) is 11.5 Å². The molecule has 3 aromatic rings. The third kappa shape index (κ3) is 4.13. The third-order valence-corrected chi connectivity index (χ3v) is 5.72. The Morgan fingerprint density at radius 1 is 1.03 bits per heavy atom. The molecule has 8 heteroatoms. The number of carbonyl (C=O) groups excluding carboxylic acids is 2. The highest BCUT2D eigenvalue weighted by molar-refractivity contribution is 7.17. The second-order valence-electron chi connectivity index (χ2n) is 6.23. The molecule has 0 bridgehead atoms. The normalized spacial score (nSPS) is 10.4. The van der Waals surface area contributed by atoms with Crippen LogP contribution in [0.2, 0.25) is 5.02 Å². The number of para-hydroxylation sites is 1. The number of esters is 1. The van der Waals surface area contributed by atoms with E-state index in [1.807, 2.05) is 13.0 Å². The summed E-state index contributed by atoms with van der Waals surface area (Å²) in [5.74, 6) is -0.252. The van der Waals surface area contributed by atoms with Gasteiger partial charge in [-0.2, -0.15) is 0 Å². The molecule has 1 N–H and O–H groups in total. The molecule has 0 saturated heterocycles. The molecular formula is C22H20ClNO5S. The predicted octanol–water partition coefficient (Wildman–Crippen LogP) is 5.43. The molecule has 0 radical (unpaired) electrons. The fraction of sp³-hybridized carbons (Fsp3) is 0.182. The maximum absolute atomic E-state index is 13.0. The molecule has 0 atom stereocenters.